The van der Waals surface area contributed by atoms with Gasteiger partial charge in [-0.2, -0.15) is 19.6 Å². The van der Waals surface area contributed by atoms with Crippen LogP contribution in [0.15, 0.2) is 23.2 Å². The average Bonchev–Trinajstić information content (AvgIpc) is 3.00. The molecule has 0 amide bonds. The number of nitrogens with zero attached hydrogens (tertiary/aromatic N) is 5. The Kier molecular flexibility index (Phi) is 2.60. The summed E-state index contributed by atoms with van der Waals surface area (Å²) < 4.78 is 6.36. The van der Waals surface area contributed by atoms with E-state index in [1.807, 2.05) is 6.92 Å². The third-order valence-electron chi connectivity index (χ3n) is 2.53. The van der Waals surface area contributed by atoms with Crippen LogP contribution in [0.1, 0.15) is 11.3 Å². The van der Waals surface area contributed by atoms with Gasteiger partial charge < -0.3 is 9.84 Å². The van der Waals surface area contributed by atoms with Gasteiger partial charge in [0.2, 0.25) is 0 Å². The molecule has 0 radical (unpaired) electrons. The van der Waals surface area contributed by atoms with Crippen molar-refractivity contribution >= 4 is 23.2 Å². The number of rotatable bonds is 3. The Balaban J connectivity index is 1.99. The molecule has 7 nitrogen and oxygen atoms in total. The third-order valence-corrected chi connectivity index (χ3v) is 2.90. The maximum Gasteiger partial charge on any atom is 0.255 e. The van der Waals surface area contributed by atoms with Crippen LogP contribution >= 0.6 is 11.6 Å². The van der Waals surface area contributed by atoms with Crippen LogP contribution in [-0.2, 0) is 6.54 Å². The minimum absolute atomic E-state index is 0.401. The lowest BCUT2D eigenvalue weighted by molar-refractivity contribution is 0.412. The largest absolute Gasteiger partial charge is 0.364 e. The summed E-state index contributed by atoms with van der Waals surface area (Å²) in [5.74, 6) is 1.19. The van der Waals surface area contributed by atoms with Gasteiger partial charge in [0.05, 0.1) is 6.54 Å². The predicted molar refractivity (Wildman–Crippen MR) is 64.4 cm³/mol. The zero-order chi connectivity index (χ0) is 12.5. The number of aromatic nitrogens is 5. The molecule has 3 aromatic rings. The Morgan fingerprint density at radius 3 is 3.17 bits per heavy atom. The van der Waals surface area contributed by atoms with Crippen LogP contribution in [0.25, 0.3) is 5.78 Å². The number of anilines is 1. The van der Waals surface area contributed by atoms with Gasteiger partial charge in [0.1, 0.15) is 29.3 Å². The minimum atomic E-state index is 0.401. The molecule has 0 fully saturated rings. The first-order valence-corrected chi connectivity index (χ1v) is 5.62. The molecule has 0 aliphatic carbocycles. The number of fused-ring (bicyclic) bond motifs is 1. The fraction of sp³-hybridized carbons (Fsp3) is 0.200. The highest BCUT2D eigenvalue weighted by molar-refractivity contribution is 6.30. The van der Waals surface area contributed by atoms with Gasteiger partial charge in [0, 0.05) is 11.6 Å². The van der Waals surface area contributed by atoms with Crippen LogP contribution in [-0.4, -0.2) is 24.7 Å². The fourth-order valence-corrected chi connectivity index (χ4v) is 1.77. The molecule has 1 N–H and O–H groups in total. The molecule has 3 rings (SSSR count). The molecule has 3 aromatic heterocycles. The first-order valence-electron chi connectivity index (χ1n) is 5.24. The first-order chi connectivity index (χ1) is 8.75. The van der Waals surface area contributed by atoms with E-state index in [0.717, 1.165) is 17.1 Å². The molecule has 0 aliphatic heterocycles. The van der Waals surface area contributed by atoms with Gasteiger partial charge >= 0.3 is 0 Å². The summed E-state index contributed by atoms with van der Waals surface area (Å²) in [5, 5.41) is 11.5. The second-order valence-electron chi connectivity index (χ2n) is 3.69. The summed E-state index contributed by atoms with van der Waals surface area (Å²) >= 11 is 6.04. The molecular weight excluding hydrogens is 256 g/mol. The van der Waals surface area contributed by atoms with E-state index >= 15 is 0 Å². The van der Waals surface area contributed by atoms with E-state index in [1.165, 1.54) is 12.6 Å². The van der Waals surface area contributed by atoms with Crippen molar-refractivity contribution < 1.29 is 4.52 Å². The Hall–Kier alpha value is -2.15. The van der Waals surface area contributed by atoms with Crippen molar-refractivity contribution in [2.45, 2.75) is 13.5 Å². The Labute approximate surface area is 107 Å². The zero-order valence-electron chi connectivity index (χ0n) is 9.46. The van der Waals surface area contributed by atoms with Crippen LogP contribution in [0.5, 0.6) is 0 Å². The van der Waals surface area contributed by atoms with Gasteiger partial charge in [-0.25, -0.2) is 0 Å². The van der Waals surface area contributed by atoms with Gasteiger partial charge in [0.25, 0.3) is 5.78 Å². The van der Waals surface area contributed by atoms with Crippen LogP contribution in [0.3, 0.4) is 0 Å². The van der Waals surface area contributed by atoms with E-state index < -0.39 is 0 Å². The van der Waals surface area contributed by atoms with Crippen LogP contribution in [0.4, 0.5) is 5.82 Å². The molecule has 8 heteroatoms. The van der Waals surface area contributed by atoms with Gasteiger partial charge in [-0.05, 0) is 6.92 Å². The molecular formula is C10H9ClN6O. The molecule has 0 spiro atoms. The van der Waals surface area contributed by atoms with Crippen molar-refractivity contribution in [2.24, 2.45) is 0 Å². The van der Waals surface area contributed by atoms with Gasteiger partial charge in [-0.1, -0.05) is 16.8 Å². The number of hydrogen-bond acceptors (Lipinski definition) is 6. The second kappa shape index (κ2) is 4.26. The molecule has 92 valence electrons. The summed E-state index contributed by atoms with van der Waals surface area (Å²) in [4.78, 5) is 8.13. The van der Waals surface area contributed by atoms with Crippen molar-refractivity contribution in [1.82, 2.24) is 24.7 Å². The van der Waals surface area contributed by atoms with Crippen LogP contribution in [0, 0.1) is 6.92 Å². The van der Waals surface area contributed by atoms with Crippen LogP contribution in [0.2, 0.25) is 5.15 Å². The molecule has 0 atom stereocenters. The molecule has 18 heavy (non-hydrogen) atoms. The minimum Gasteiger partial charge on any atom is -0.364 e. The molecule has 0 aliphatic rings. The molecule has 3 heterocycles. The average molecular weight is 265 g/mol. The quantitative estimate of drug-likeness (QED) is 0.725. The lowest BCUT2D eigenvalue weighted by atomic mass is 10.3. The smallest absolute Gasteiger partial charge is 0.255 e. The monoisotopic (exact) mass is 264 g/mol. The van der Waals surface area contributed by atoms with Gasteiger partial charge in [-0.15, -0.1) is 0 Å². The van der Waals surface area contributed by atoms with Crippen LogP contribution < -0.4 is 5.32 Å². The van der Waals surface area contributed by atoms with Crippen molar-refractivity contribution in [1.29, 1.82) is 0 Å². The summed E-state index contributed by atoms with van der Waals surface area (Å²) in [5.41, 5.74) is 1.59. The lowest BCUT2D eigenvalue weighted by Gasteiger charge is -2.10. The predicted octanol–water partition coefficient (Wildman–Crippen LogP) is 1.69. The van der Waals surface area contributed by atoms with Crippen molar-refractivity contribution in [3.8, 4) is 0 Å². The Morgan fingerprint density at radius 2 is 2.39 bits per heavy atom. The SMILES string of the molecule is Cc1c(Cl)nc2ncnn2c1NCc1ccon1. The van der Waals surface area contributed by atoms with Gasteiger partial charge in [0.15, 0.2) is 0 Å². The standard InChI is InChI=1S/C10H9ClN6O/c1-6-8(11)15-10-13-5-14-17(10)9(6)12-4-7-2-3-18-16-7/h2-3,5,12H,4H2,1H3. The van der Waals surface area contributed by atoms with Crippen molar-refractivity contribution in [2.75, 3.05) is 5.32 Å². The summed E-state index contributed by atoms with van der Waals surface area (Å²) in [6.45, 7) is 2.37. The van der Waals surface area contributed by atoms with Gasteiger partial charge in [-0.3, -0.25) is 0 Å². The first kappa shape index (κ1) is 11.0. The molecule has 0 saturated carbocycles. The second-order valence-corrected chi connectivity index (χ2v) is 4.05. The zero-order valence-corrected chi connectivity index (χ0v) is 10.2. The number of hydrogen-bond donors (Lipinski definition) is 1. The van der Waals surface area contributed by atoms with Crippen molar-refractivity contribution in [3.63, 3.8) is 0 Å². The normalized spacial score (nSPS) is 11.0. The lowest BCUT2D eigenvalue weighted by Crippen LogP contribution is -2.09. The van der Waals surface area contributed by atoms with E-state index in [1.54, 1.807) is 10.6 Å². The summed E-state index contributed by atoms with van der Waals surface area (Å²) in [7, 11) is 0. The number of nitrogens with one attached hydrogen (secondary N) is 1. The summed E-state index contributed by atoms with van der Waals surface area (Å²) in [6.07, 6.45) is 2.95. The highest BCUT2D eigenvalue weighted by Crippen LogP contribution is 2.22. The summed E-state index contributed by atoms with van der Waals surface area (Å²) in [6, 6.07) is 1.78. The fourth-order valence-electron chi connectivity index (χ4n) is 1.61. The van der Waals surface area contributed by atoms with Crippen molar-refractivity contribution in [3.05, 3.63) is 35.1 Å². The highest BCUT2D eigenvalue weighted by Gasteiger charge is 2.12. The molecule has 0 bridgehead atoms. The van der Waals surface area contributed by atoms with E-state index in [4.69, 9.17) is 16.1 Å². The van der Waals surface area contributed by atoms with E-state index in [2.05, 4.69) is 25.5 Å². The molecule has 0 saturated heterocycles. The maximum atomic E-state index is 6.04. The Morgan fingerprint density at radius 1 is 1.50 bits per heavy atom. The highest BCUT2D eigenvalue weighted by atomic mass is 35.5. The molecule has 0 unspecified atom stereocenters. The third kappa shape index (κ3) is 1.78. The topological polar surface area (TPSA) is 81.1 Å². The van der Waals surface area contributed by atoms with E-state index in [-0.39, 0.29) is 0 Å². The Bertz CT molecular complexity index is 677. The number of halogens is 1. The van der Waals surface area contributed by atoms with E-state index in [0.29, 0.717) is 17.5 Å². The molecule has 0 aromatic carbocycles. The van der Waals surface area contributed by atoms with E-state index in [9.17, 15) is 0 Å². The maximum absolute atomic E-state index is 6.04.